The van der Waals surface area contributed by atoms with Gasteiger partial charge in [-0.2, -0.15) is 0 Å². The molecule has 3 rings (SSSR count). The smallest absolute Gasteiger partial charge is 0.237 e. The molecule has 2 aromatic carbocycles. The number of rotatable bonds is 4. The van der Waals surface area contributed by atoms with Crippen molar-refractivity contribution in [3.63, 3.8) is 0 Å². The van der Waals surface area contributed by atoms with E-state index in [0.29, 0.717) is 15.7 Å². The maximum atomic E-state index is 12.3. The van der Waals surface area contributed by atoms with Gasteiger partial charge in [-0.25, -0.2) is 4.98 Å². The number of thiazole rings is 1. The molecule has 0 bridgehead atoms. The van der Waals surface area contributed by atoms with Gasteiger partial charge in [-0.3, -0.25) is 4.79 Å². The van der Waals surface area contributed by atoms with Crippen molar-refractivity contribution >= 4 is 68.1 Å². The molecule has 1 heterocycles. The van der Waals surface area contributed by atoms with Crippen LogP contribution in [0.3, 0.4) is 0 Å². The molecule has 7 heteroatoms. The second-order valence-electron chi connectivity index (χ2n) is 4.80. The second-order valence-corrected chi connectivity index (χ2v) is 8.20. The Morgan fingerprint density at radius 3 is 2.78 bits per heavy atom. The summed E-state index contributed by atoms with van der Waals surface area (Å²) in [6.07, 6.45) is 0. The number of para-hydroxylation sites is 1. The summed E-state index contributed by atoms with van der Waals surface area (Å²) in [4.78, 5) is 16.9. The lowest BCUT2D eigenvalue weighted by Crippen LogP contribution is -2.22. The zero-order valence-electron chi connectivity index (χ0n) is 12.0. The number of hydrogen-bond donors (Lipinski definition) is 1. The predicted octanol–water partition coefficient (Wildman–Crippen LogP) is 5.72. The number of carbonyl (C=O) groups is 1. The van der Waals surface area contributed by atoms with E-state index in [-0.39, 0.29) is 11.2 Å². The zero-order chi connectivity index (χ0) is 16.4. The van der Waals surface area contributed by atoms with Gasteiger partial charge in [0.2, 0.25) is 5.91 Å². The van der Waals surface area contributed by atoms with Crippen molar-refractivity contribution in [1.29, 1.82) is 0 Å². The van der Waals surface area contributed by atoms with Crippen molar-refractivity contribution < 1.29 is 4.79 Å². The summed E-state index contributed by atoms with van der Waals surface area (Å²) in [6, 6.07) is 13.1. The molecule has 0 aliphatic carbocycles. The lowest BCUT2D eigenvalue weighted by atomic mass is 10.3. The molecule has 23 heavy (non-hydrogen) atoms. The zero-order valence-corrected chi connectivity index (χ0v) is 15.2. The first kappa shape index (κ1) is 16.6. The number of hydrogen-bond acceptors (Lipinski definition) is 4. The van der Waals surface area contributed by atoms with Crippen molar-refractivity contribution in [1.82, 2.24) is 4.98 Å². The number of thioether (sulfide) groups is 1. The topological polar surface area (TPSA) is 42.0 Å². The van der Waals surface area contributed by atoms with Crippen molar-refractivity contribution in [2.45, 2.75) is 16.5 Å². The number of nitrogens with one attached hydrogen (secondary N) is 1. The monoisotopic (exact) mass is 382 g/mol. The van der Waals surface area contributed by atoms with E-state index in [9.17, 15) is 4.79 Å². The van der Waals surface area contributed by atoms with Gasteiger partial charge in [-0.05, 0) is 31.2 Å². The Balaban J connectivity index is 1.71. The SMILES string of the molecule is C[C@@H](Sc1nc2ccccc2s1)C(=O)Nc1cccc(Cl)c1Cl. The van der Waals surface area contributed by atoms with Crippen LogP contribution in [0.4, 0.5) is 5.69 Å². The van der Waals surface area contributed by atoms with E-state index >= 15 is 0 Å². The highest BCUT2D eigenvalue weighted by Crippen LogP contribution is 2.33. The average Bonchev–Trinajstić information content (AvgIpc) is 2.93. The summed E-state index contributed by atoms with van der Waals surface area (Å²) in [6.45, 7) is 1.84. The molecular weight excluding hydrogens is 371 g/mol. The van der Waals surface area contributed by atoms with E-state index in [1.807, 2.05) is 31.2 Å². The molecule has 0 aliphatic heterocycles. The van der Waals surface area contributed by atoms with Gasteiger partial charge < -0.3 is 5.32 Å². The van der Waals surface area contributed by atoms with Crippen LogP contribution in [0.2, 0.25) is 10.0 Å². The van der Waals surface area contributed by atoms with Crippen molar-refractivity contribution in [2.24, 2.45) is 0 Å². The molecule has 1 atom stereocenters. The fourth-order valence-electron chi connectivity index (χ4n) is 1.94. The molecule has 118 valence electrons. The van der Waals surface area contributed by atoms with Gasteiger partial charge in [-0.15, -0.1) is 11.3 Å². The third-order valence-corrected chi connectivity index (χ3v) is 6.18. The summed E-state index contributed by atoms with van der Waals surface area (Å²) < 4.78 is 1.98. The first-order chi connectivity index (χ1) is 11.0. The number of benzene rings is 2. The van der Waals surface area contributed by atoms with Crippen molar-refractivity contribution in [3.8, 4) is 0 Å². The minimum Gasteiger partial charge on any atom is -0.324 e. The van der Waals surface area contributed by atoms with E-state index in [4.69, 9.17) is 23.2 Å². The Morgan fingerprint density at radius 2 is 2.00 bits per heavy atom. The Morgan fingerprint density at radius 1 is 1.22 bits per heavy atom. The standard InChI is InChI=1S/C16H12Cl2N2OS2/c1-9(15(21)19-12-7-4-5-10(17)14(12)18)22-16-20-11-6-2-3-8-13(11)23-16/h2-9H,1H3,(H,19,21)/t9-/m1/s1. The quantitative estimate of drug-likeness (QED) is 0.586. The normalized spacial score (nSPS) is 12.3. The van der Waals surface area contributed by atoms with Crippen LogP contribution in [0.5, 0.6) is 0 Å². The number of amides is 1. The molecule has 0 aliphatic rings. The highest BCUT2D eigenvalue weighted by atomic mass is 35.5. The molecule has 3 aromatic rings. The maximum absolute atomic E-state index is 12.3. The summed E-state index contributed by atoms with van der Waals surface area (Å²) in [5.74, 6) is -0.140. The van der Waals surface area contributed by atoms with E-state index < -0.39 is 0 Å². The minimum atomic E-state index is -0.300. The highest BCUT2D eigenvalue weighted by Gasteiger charge is 2.18. The van der Waals surface area contributed by atoms with Crippen LogP contribution in [0.25, 0.3) is 10.2 Å². The van der Waals surface area contributed by atoms with Crippen molar-refractivity contribution in [2.75, 3.05) is 5.32 Å². The highest BCUT2D eigenvalue weighted by molar-refractivity contribution is 8.02. The Bertz CT molecular complexity index is 833. The van der Waals surface area contributed by atoms with E-state index in [0.717, 1.165) is 14.6 Å². The number of fused-ring (bicyclic) bond motifs is 1. The van der Waals surface area contributed by atoms with E-state index in [1.54, 1.807) is 29.5 Å². The number of carbonyl (C=O) groups excluding carboxylic acids is 1. The summed E-state index contributed by atoms with van der Waals surface area (Å²) >= 11 is 15.1. The largest absolute Gasteiger partial charge is 0.324 e. The third kappa shape index (κ3) is 3.80. The first-order valence-corrected chi connectivity index (χ1v) is 9.27. The maximum Gasteiger partial charge on any atom is 0.237 e. The molecule has 0 saturated carbocycles. The van der Waals surface area contributed by atoms with Gasteiger partial charge in [-0.1, -0.05) is 53.2 Å². The molecule has 0 saturated heterocycles. The fraction of sp³-hybridized carbons (Fsp3) is 0.125. The predicted molar refractivity (Wildman–Crippen MR) is 100 cm³/mol. The van der Waals surface area contributed by atoms with Crippen LogP contribution in [-0.2, 0) is 4.79 Å². The van der Waals surface area contributed by atoms with Crippen LogP contribution >= 0.6 is 46.3 Å². The number of halogens is 2. The third-order valence-electron chi connectivity index (χ3n) is 3.13. The van der Waals surface area contributed by atoms with Gasteiger partial charge >= 0.3 is 0 Å². The molecule has 1 N–H and O–H groups in total. The van der Waals surface area contributed by atoms with Crippen molar-refractivity contribution in [3.05, 3.63) is 52.5 Å². The van der Waals surface area contributed by atoms with E-state index in [1.165, 1.54) is 11.8 Å². The van der Waals surface area contributed by atoms with Gasteiger partial charge in [0.1, 0.15) is 0 Å². The van der Waals surface area contributed by atoms with Gasteiger partial charge in [0.05, 0.1) is 31.2 Å². The van der Waals surface area contributed by atoms with E-state index in [2.05, 4.69) is 10.3 Å². The molecule has 1 aromatic heterocycles. The molecule has 0 unspecified atom stereocenters. The fourth-order valence-corrected chi connectivity index (χ4v) is 4.50. The summed E-state index contributed by atoms with van der Waals surface area (Å²) in [5, 5.41) is 3.27. The van der Waals surface area contributed by atoms with Crippen LogP contribution in [0, 0.1) is 0 Å². The van der Waals surface area contributed by atoms with Gasteiger partial charge in [0.25, 0.3) is 0 Å². The average molecular weight is 383 g/mol. The minimum absolute atomic E-state index is 0.140. The lowest BCUT2D eigenvalue weighted by molar-refractivity contribution is -0.115. The number of anilines is 1. The summed E-state index contributed by atoms with van der Waals surface area (Å²) in [5.41, 5.74) is 1.46. The molecule has 1 amide bonds. The second kappa shape index (κ2) is 7.09. The summed E-state index contributed by atoms with van der Waals surface area (Å²) in [7, 11) is 0. The molecule has 0 fully saturated rings. The van der Waals surface area contributed by atoms with Gasteiger partial charge in [0.15, 0.2) is 4.34 Å². The van der Waals surface area contributed by atoms with Crippen LogP contribution in [-0.4, -0.2) is 16.1 Å². The number of aromatic nitrogens is 1. The molecule has 0 radical (unpaired) electrons. The van der Waals surface area contributed by atoms with Crippen LogP contribution in [0.1, 0.15) is 6.92 Å². The number of nitrogens with zero attached hydrogens (tertiary/aromatic N) is 1. The Labute approximate surface area is 152 Å². The molecular formula is C16H12Cl2N2OS2. The Hall–Kier alpha value is -1.27. The van der Waals surface area contributed by atoms with Crippen LogP contribution in [0.15, 0.2) is 46.8 Å². The van der Waals surface area contributed by atoms with Crippen LogP contribution < -0.4 is 5.32 Å². The first-order valence-electron chi connectivity index (χ1n) is 6.81. The molecule has 0 spiro atoms. The lowest BCUT2D eigenvalue weighted by Gasteiger charge is -2.12. The van der Waals surface area contributed by atoms with Gasteiger partial charge in [0, 0.05) is 0 Å². The Kier molecular flexibility index (Phi) is 5.11. The molecule has 3 nitrogen and oxygen atoms in total.